The van der Waals surface area contributed by atoms with Crippen LogP contribution in [0.25, 0.3) is 22.2 Å². The molecule has 10 heteroatoms. The summed E-state index contributed by atoms with van der Waals surface area (Å²) in [5.74, 6) is 1.09. The second-order valence-electron chi connectivity index (χ2n) is 8.70. The fraction of sp³-hybridized carbons (Fsp3) is 0.391. The van der Waals surface area contributed by atoms with E-state index in [0.29, 0.717) is 30.0 Å². The summed E-state index contributed by atoms with van der Waals surface area (Å²) in [4.78, 5) is 22.3. The molecule has 2 unspecified atom stereocenters. The summed E-state index contributed by atoms with van der Waals surface area (Å²) >= 11 is 0. The molecule has 3 aromatic rings. The number of sulfonamides is 1. The first-order chi connectivity index (χ1) is 15.9. The molecule has 2 aliphatic rings. The summed E-state index contributed by atoms with van der Waals surface area (Å²) in [6.07, 6.45) is 4.74. The molecule has 4 heterocycles. The number of thiol groups is 1. The average molecular weight is 488 g/mol. The van der Waals surface area contributed by atoms with E-state index in [-0.39, 0.29) is 16.8 Å². The topological polar surface area (TPSA) is 112 Å². The van der Waals surface area contributed by atoms with E-state index in [4.69, 9.17) is 0 Å². The van der Waals surface area contributed by atoms with Gasteiger partial charge in [0.2, 0.25) is 15.9 Å². The molecule has 2 fully saturated rings. The van der Waals surface area contributed by atoms with Crippen molar-refractivity contribution < 1.29 is 17.4 Å². The van der Waals surface area contributed by atoms with Gasteiger partial charge in [-0.15, -0.1) is 4.21 Å². The van der Waals surface area contributed by atoms with Gasteiger partial charge in [-0.05, 0) is 48.2 Å². The normalized spacial score (nSPS) is 21.2. The first-order valence-electron chi connectivity index (χ1n) is 11.2. The van der Waals surface area contributed by atoms with Crippen molar-refractivity contribution in [3.8, 4) is 11.1 Å². The van der Waals surface area contributed by atoms with Crippen LogP contribution in [0, 0.1) is 0 Å². The SMILES string of the molecule is O=C(Cc1cc2c(-c3ccc(S(=O)(=O)NC4CC[SH+](=O)C4)cc3)ccnc2[nH]1)N1CCCC1. The predicted molar refractivity (Wildman–Crippen MR) is 129 cm³/mol. The highest BCUT2D eigenvalue weighted by Gasteiger charge is 2.30. The van der Waals surface area contributed by atoms with E-state index in [2.05, 4.69) is 14.7 Å². The van der Waals surface area contributed by atoms with Crippen molar-refractivity contribution in [3.63, 3.8) is 0 Å². The first kappa shape index (κ1) is 22.2. The molecule has 2 atom stereocenters. The fourth-order valence-electron chi connectivity index (χ4n) is 4.60. The molecule has 2 aromatic heterocycles. The van der Waals surface area contributed by atoms with Crippen molar-refractivity contribution in [3.05, 3.63) is 48.3 Å². The number of pyridine rings is 1. The van der Waals surface area contributed by atoms with Gasteiger partial charge in [0.15, 0.2) is 0 Å². The number of H-pyrrole nitrogens is 1. The lowest BCUT2D eigenvalue weighted by molar-refractivity contribution is -0.129. The van der Waals surface area contributed by atoms with Crippen LogP contribution in [0.4, 0.5) is 0 Å². The predicted octanol–water partition coefficient (Wildman–Crippen LogP) is 2.14. The summed E-state index contributed by atoms with van der Waals surface area (Å²) < 4.78 is 39.7. The highest BCUT2D eigenvalue weighted by atomic mass is 32.2. The Balaban J connectivity index is 1.37. The second kappa shape index (κ2) is 9.00. The monoisotopic (exact) mass is 487 g/mol. The Bertz CT molecular complexity index is 1310. The molecule has 1 aromatic carbocycles. The Morgan fingerprint density at radius 2 is 1.94 bits per heavy atom. The number of hydrogen-bond donors (Lipinski definition) is 2. The molecule has 2 aliphatic heterocycles. The maximum absolute atomic E-state index is 12.7. The minimum atomic E-state index is -3.67. The van der Waals surface area contributed by atoms with E-state index in [0.717, 1.165) is 48.1 Å². The Labute approximate surface area is 195 Å². The van der Waals surface area contributed by atoms with E-state index in [1.54, 1.807) is 30.5 Å². The molecule has 5 rings (SSSR count). The second-order valence-corrected chi connectivity index (χ2v) is 12.2. The molecule has 8 nitrogen and oxygen atoms in total. The van der Waals surface area contributed by atoms with Crippen LogP contribution >= 0.6 is 0 Å². The van der Waals surface area contributed by atoms with Gasteiger partial charge >= 0.3 is 0 Å². The zero-order chi connectivity index (χ0) is 23.0. The Kier molecular flexibility index (Phi) is 6.07. The lowest BCUT2D eigenvalue weighted by Crippen LogP contribution is -2.35. The number of likely N-dealkylation sites (tertiary alicyclic amines) is 1. The van der Waals surface area contributed by atoms with Crippen molar-refractivity contribution >= 4 is 37.8 Å². The minimum absolute atomic E-state index is 0.120. The molecule has 0 bridgehead atoms. The van der Waals surface area contributed by atoms with Gasteiger partial charge in [-0.3, -0.25) is 4.79 Å². The number of nitrogens with one attached hydrogen (secondary N) is 2. The molecule has 2 N–H and O–H groups in total. The number of fused-ring (bicyclic) bond motifs is 1. The van der Waals surface area contributed by atoms with E-state index in [9.17, 15) is 17.4 Å². The Morgan fingerprint density at radius 1 is 1.18 bits per heavy atom. The van der Waals surface area contributed by atoms with Gasteiger partial charge in [0.1, 0.15) is 17.2 Å². The van der Waals surface area contributed by atoms with Crippen LogP contribution < -0.4 is 4.72 Å². The third kappa shape index (κ3) is 4.73. The van der Waals surface area contributed by atoms with E-state index in [1.165, 1.54) is 0 Å². The van der Waals surface area contributed by atoms with Crippen molar-refractivity contribution in [1.82, 2.24) is 19.6 Å². The molecular weight excluding hydrogens is 460 g/mol. The van der Waals surface area contributed by atoms with E-state index in [1.807, 2.05) is 17.0 Å². The van der Waals surface area contributed by atoms with Crippen LogP contribution in [0.2, 0.25) is 0 Å². The molecule has 174 valence electrons. The fourth-order valence-corrected chi connectivity index (χ4v) is 7.54. The summed E-state index contributed by atoms with van der Waals surface area (Å²) in [5.41, 5.74) is 3.30. The summed E-state index contributed by atoms with van der Waals surface area (Å²) in [7, 11) is -4.96. The summed E-state index contributed by atoms with van der Waals surface area (Å²) in [5, 5.41) is 0.894. The minimum Gasteiger partial charge on any atom is -0.343 e. The van der Waals surface area contributed by atoms with Gasteiger partial charge < -0.3 is 9.88 Å². The van der Waals surface area contributed by atoms with Gasteiger partial charge in [-0.25, -0.2) is 18.1 Å². The molecule has 0 aliphatic carbocycles. The van der Waals surface area contributed by atoms with Gasteiger partial charge in [-0.2, -0.15) is 0 Å². The van der Waals surface area contributed by atoms with Crippen molar-refractivity contribution in [1.29, 1.82) is 0 Å². The highest BCUT2D eigenvalue weighted by molar-refractivity contribution is 7.89. The Morgan fingerprint density at radius 3 is 2.64 bits per heavy atom. The summed E-state index contributed by atoms with van der Waals surface area (Å²) in [6, 6.07) is 10.3. The smallest absolute Gasteiger partial charge is 0.240 e. The van der Waals surface area contributed by atoms with Crippen molar-refractivity contribution in [2.45, 2.75) is 36.6 Å². The zero-order valence-electron chi connectivity index (χ0n) is 18.2. The number of benzene rings is 1. The van der Waals surface area contributed by atoms with Crippen molar-refractivity contribution in [2.75, 3.05) is 24.6 Å². The quantitative estimate of drug-likeness (QED) is 0.409. The van der Waals surface area contributed by atoms with Crippen LogP contribution in [0.1, 0.15) is 25.0 Å². The highest BCUT2D eigenvalue weighted by Crippen LogP contribution is 2.29. The van der Waals surface area contributed by atoms with Gasteiger partial charge in [0.25, 0.3) is 0 Å². The number of hydrogen-bond acceptors (Lipinski definition) is 5. The molecule has 1 amide bonds. The van der Waals surface area contributed by atoms with Crippen LogP contribution in [-0.4, -0.2) is 59.8 Å². The number of carbonyl (C=O) groups excluding carboxylic acids is 1. The number of nitrogens with zero attached hydrogens (tertiary/aromatic N) is 2. The molecular formula is C23H27N4O4S2+. The molecule has 0 radical (unpaired) electrons. The molecule has 0 spiro atoms. The van der Waals surface area contributed by atoms with Gasteiger partial charge in [-0.1, -0.05) is 12.1 Å². The maximum Gasteiger partial charge on any atom is 0.240 e. The number of aromatic amines is 1. The lowest BCUT2D eigenvalue weighted by atomic mass is 10.0. The van der Waals surface area contributed by atoms with E-state index >= 15 is 0 Å². The van der Waals surface area contributed by atoms with Crippen LogP contribution in [0.5, 0.6) is 0 Å². The van der Waals surface area contributed by atoms with Crippen LogP contribution in [0.15, 0.2) is 47.5 Å². The number of carbonyl (C=O) groups is 1. The van der Waals surface area contributed by atoms with Crippen molar-refractivity contribution in [2.24, 2.45) is 0 Å². The molecule has 33 heavy (non-hydrogen) atoms. The van der Waals surface area contributed by atoms with Gasteiger partial charge in [0.05, 0.1) is 28.2 Å². The first-order valence-corrected chi connectivity index (χ1v) is 14.3. The standard InChI is InChI=1S/C23H26N4O4S2/c28-22(27-10-1-2-11-27)14-18-13-21-20(7-9-24-23(21)25-18)16-3-5-19(6-4-16)33(30,31)26-17-8-12-32(29)15-17/h3-7,9,13,17,26H,1-2,8,10-12,14-15H2,(H,24,25)/p+1. The number of amides is 1. The molecule has 2 saturated heterocycles. The van der Waals surface area contributed by atoms with E-state index < -0.39 is 20.8 Å². The largest absolute Gasteiger partial charge is 0.343 e. The zero-order valence-corrected chi connectivity index (χ0v) is 19.9. The van der Waals surface area contributed by atoms with Crippen LogP contribution in [-0.2, 0) is 36.2 Å². The summed E-state index contributed by atoms with van der Waals surface area (Å²) in [6.45, 7) is 1.65. The number of aromatic nitrogens is 2. The van der Waals surface area contributed by atoms with Crippen LogP contribution in [0.3, 0.4) is 0 Å². The third-order valence-corrected chi connectivity index (χ3v) is 9.48. The third-order valence-electron chi connectivity index (χ3n) is 6.34. The lowest BCUT2D eigenvalue weighted by Gasteiger charge is -2.14. The number of rotatable bonds is 6. The maximum atomic E-state index is 12.7. The Hall–Kier alpha value is -2.56. The van der Waals surface area contributed by atoms with Gasteiger partial charge in [0, 0.05) is 36.8 Å². The molecule has 0 saturated carbocycles. The average Bonchev–Trinajstić information content (AvgIpc) is 3.54.